The second-order valence-electron chi connectivity index (χ2n) is 6.35. The first-order valence-electron chi connectivity index (χ1n) is 6.69. The van der Waals surface area contributed by atoms with Crippen molar-refractivity contribution in [2.75, 3.05) is 19.6 Å². The Balaban J connectivity index is 1.86. The van der Waals surface area contributed by atoms with Crippen molar-refractivity contribution in [3.8, 4) is 0 Å². The van der Waals surface area contributed by atoms with Gasteiger partial charge in [0.1, 0.15) is 5.60 Å². The van der Waals surface area contributed by atoms with Crippen molar-refractivity contribution >= 4 is 12.2 Å². The molecule has 1 amide bonds. The van der Waals surface area contributed by atoms with Crippen LogP contribution in [0.25, 0.3) is 0 Å². The number of ether oxygens (including phenoxy) is 2. The highest BCUT2D eigenvalue weighted by atomic mass is 16.8. The standard InChI is InChI=1S/C13H22N2O4/c1-5-9-13(6-14-7-13)8-15(9)10(16)18-11(17)19-12(2,3)4/h9,14H,5-8H2,1-4H3. The molecule has 0 saturated carbocycles. The average Bonchev–Trinajstić information content (AvgIpc) is 2.10. The normalized spacial score (nSPS) is 24.4. The van der Waals surface area contributed by atoms with Crippen LogP contribution in [0.1, 0.15) is 34.1 Å². The molecule has 0 radical (unpaired) electrons. The van der Waals surface area contributed by atoms with Gasteiger partial charge in [0.15, 0.2) is 0 Å². The number of nitrogens with one attached hydrogen (secondary N) is 1. The largest absolute Gasteiger partial charge is 0.517 e. The maximum absolute atomic E-state index is 11.9. The number of carbonyl (C=O) groups excluding carboxylic acids is 2. The summed E-state index contributed by atoms with van der Waals surface area (Å²) in [6.07, 6.45) is -0.663. The van der Waals surface area contributed by atoms with E-state index in [9.17, 15) is 9.59 Å². The zero-order valence-corrected chi connectivity index (χ0v) is 12.0. The molecule has 0 aromatic heterocycles. The molecule has 19 heavy (non-hydrogen) atoms. The zero-order valence-electron chi connectivity index (χ0n) is 12.0. The summed E-state index contributed by atoms with van der Waals surface area (Å²) in [4.78, 5) is 25.0. The number of rotatable bonds is 1. The van der Waals surface area contributed by atoms with Crippen molar-refractivity contribution in [3.63, 3.8) is 0 Å². The van der Waals surface area contributed by atoms with Crippen molar-refractivity contribution < 1.29 is 19.1 Å². The molecule has 2 aliphatic rings. The lowest BCUT2D eigenvalue weighted by atomic mass is 9.66. The lowest BCUT2D eigenvalue weighted by Crippen LogP contribution is -2.77. The molecule has 1 spiro atoms. The number of amides is 1. The lowest BCUT2D eigenvalue weighted by molar-refractivity contribution is -0.0953. The van der Waals surface area contributed by atoms with Gasteiger partial charge in [-0.2, -0.15) is 0 Å². The number of carbonyl (C=O) groups is 2. The Morgan fingerprint density at radius 1 is 1.37 bits per heavy atom. The molecule has 2 fully saturated rings. The van der Waals surface area contributed by atoms with E-state index in [1.807, 2.05) is 6.92 Å². The summed E-state index contributed by atoms with van der Waals surface area (Å²) < 4.78 is 9.70. The van der Waals surface area contributed by atoms with Gasteiger partial charge in [0.2, 0.25) is 0 Å². The maximum Gasteiger partial charge on any atom is 0.517 e. The third-order valence-corrected chi connectivity index (χ3v) is 3.70. The molecule has 1 unspecified atom stereocenters. The molecular weight excluding hydrogens is 248 g/mol. The fraction of sp³-hybridized carbons (Fsp3) is 0.846. The van der Waals surface area contributed by atoms with Crippen LogP contribution in [0.4, 0.5) is 9.59 Å². The summed E-state index contributed by atoms with van der Waals surface area (Å²) in [5.41, 5.74) is -0.461. The molecule has 2 aliphatic heterocycles. The van der Waals surface area contributed by atoms with Crippen LogP contribution in [0.5, 0.6) is 0 Å². The molecule has 108 valence electrons. The smallest absolute Gasteiger partial charge is 0.428 e. The highest BCUT2D eigenvalue weighted by molar-refractivity contribution is 5.81. The van der Waals surface area contributed by atoms with Gasteiger partial charge in [-0.1, -0.05) is 6.92 Å². The third-order valence-electron chi connectivity index (χ3n) is 3.70. The molecule has 0 aromatic carbocycles. The van der Waals surface area contributed by atoms with E-state index < -0.39 is 17.8 Å². The van der Waals surface area contributed by atoms with Gasteiger partial charge in [0.25, 0.3) is 0 Å². The minimum absolute atomic E-state index is 0.156. The summed E-state index contributed by atoms with van der Waals surface area (Å²) in [5.74, 6) is 0. The van der Waals surface area contributed by atoms with E-state index in [0.717, 1.165) is 19.5 Å². The zero-order chi connectivity index (χ0) is 14.3. The first-order chi connectivity index (χ1) is 8.77. The monoisotopic (exact) mass is 270 g/mol. The van der Waals surface area contributed by atoms with Crippen molar-refractivity contribution in [2.24, 2.45) is 5.41 Å². The average molecular weight is 270 g/mol. The van der Waals surface area contributed by atoms with Gasteiger partial charge in [0, 0.05) is 31.1 Å². The molecule has 1 N–H and O–H groups in total. The minimum atomic E-state index is -0.931. The van der Waals surface area contributed by atoms with Gasteiger partial charge in [0.05, 0.1) is 0 Å². The Morgan fingerprint density at radius 2 is 2.00 bits per heavy atom. The Hall–Kier alpha value is -1.30. The molecule has 2 rings (SSSR count). The molecule has 0 aromatic rings. The quantitative estimate of drug-likeness (QED) is 0.580. The van der Waals surface area contributed by atoms with Gasteiger partial charge in [-0.15, -0.1) is 0 Å². The number of nitrogens with zero attached hydrogens (tertiary/aromatic N) is 1. The van der Waals surface area contributed by atoms with Crippen LogP contribution in [0, 0.1) is 5.41 Å². The molecule has 0 bridgehead atoms. The number of likely N-dealkylation sites (tertiary alicyclic amines) is 1. The van der Waals surface area contributed by atoms with Gasteiger partial charge < -0.3 is 19.7 Å². The number of hydrogen-bond acceptors (Lipinski definition) is 5. The summed E-state index contributed by atoms with van der Waals surface area (Å²) in [5, 5.41) is 3.23. The Kier molecular flexibility index (Phi) is 3.47. The van der Waals surface area contributed by atoms with Crippen LogP contribution in [-0.2, 0) is 9.47 Å². The van der Waals surface area contributed by atoms with Crippen LogP contribution in [-0.4, -0.2) is 48.4 Å². The van der Waals surface area contributed by atoms with Gasteiger partial charge >= 0.3 is 12.2 Å². The molecule has 6 nitrogen and oxygen atoms in total. The Morgan fingerprint density at radius 3 is 2.42 bits per heavy atom. The second kappa shape index (κ2) is 4.67. The maximum atomic E-state index is 11.9. The molecule has 6 heteroatoms. The van der Waals surface area contributed by atoms with E-state index >= 15 is 0 Å². The Labute approximate surface area is 113 Å². The van der Waals surface area contributed by atoms with Crippen molar-refractivity contribution in [3.05, 3.63) is 0 Å². The predicted molar refractivity (Wildman–Crippen MR) is 68.8 cm³/mol. The molecule has 0 aliphatic carbocycles. The first kappa shape index (κ1) is 14.1. The highest BCUT2D eigenvalue weighted by Crippen LogP contribution is 2.43. The summed E-state index contributed by atoms with van der Waals surface area (Å²) in [6, 6.07) is 0.156. The SMILES string of the molecule is CCC1N(C(=O)OC(=O)OC(C)(C)C)CC12CNC2. The van der Waals surface area contributed by atoms with Crippen molar-refractivity contribution in [1.82, 2.24) is 10.2 Å². The summed E-state index contributed by atoms with van der Waals surface area (Å²) >= 11 is 0. The fourth-order valence-electron chi connectivity index (χ4n) is 2.81. The summed E-state index contributed by atoms with van der Waals surface area (Å²) in [7, 11) is 0. The first-order valence-corrected chi connectivity index (χ1v) is 6.69. The van der Waals surface area contributed by atoms with E-state index in [2.05, 4.69) is 5.32 Å². The van der Waals surface area contributed by atoms with E-state index in [0.29, 0.717) is 6.54 Å². The fourth-order valence-corrected chi connectivity index (χ4v) is 2.81. The van der Waals surface area contributed by atoms with Crippen LogP contribution in [0.15, 0.2) is 0 Å². The van der Waals surface area contributed by atoms with E-state index in [1.165, 1.54) is 0 Å². The van der Waals surface area contributed by atoms with E-state index in [1.54, 1.807) is 25.7 Å². The van der Waals surface area contributed by atoms with E-state index in [4.69, 9.17) is 9.47 Å². The topological polar surface area (TPSA) is 67.9 Å². The highest BCUT2D eigenvalue weighted by Gasteiger charge is 2.57. The summed E-state index contributed by atoms with van der Waals surface area (Å²) in [6.45, 7) is 9.74. The molecular formula is C13H22N2O4. The number of hydrogen-bond donors (Lipinski definition) is 1. The molecule has 2 saturated heterocycles. The van der Waals surface area contributed by atoms with Gasteiger partial charge in [-0.3, -0.25) is 0 Å². The minimum Gasteiger partial charge on any atom is -0.428 e. The predicted octanol–water partition coefficient (Wildman–Crippen LogP) is 1.74. The third kappa shape index (κ3) is 2.68. The Bertz CT molecular complexity index is 385. The van der Waals surface area contributed by atoms with Crippen LogP contribution in [0.2, 0.25) is 0 Å². The van der Waals surface area contributed by atoms with Crippen molar-refractivity contribution in [1.29, 1.82) is 0 Å². The second-order valence-corrected chi connectivity index (χ2v) is 6.35. The molecule has 2 heterocycles. The van der Waals surface area contributed by atoms with Crippen LogP contribution >= 0.6 is 0 Å². The van der Waals surface area contributed by atoms with Crippen LogP contribution in [0.3, 0.4) is 0 Å². The lowest BCUT2D eigenvalue weighted by Gasteiger charge is -2.61. The van der Waals surface area contributed by atoms with Crippen LogP contribution < -0.4 is 5.32 Å². The molecule has 1 atom stereocenters. The van der Waals surface area contributed by atoms with Crippen molar-refractivity contribution in [2.45, 2.75) is 45.8 Å². The van der Waals surface area contributed by atoms with Gasteiger partial charge in [-0.25, -0.2) is 9.59 Å². The van der Waals surface area contributed by atoms with E-state index in [-0.39, 0.29) is 11.5 Å². The van der Waals surface area contributed by atoms with Gasteiger partial charge in [-0.05, 0) is 27.2 Å².